The molecule has 7 nitrogen and oxygen atoms in total. The number of methoxy groups -OCH3 is 1. The Kier molecular flexibility index (Phi) is 8.52. The Bertz CT molecular complexity index is 320. The zero-order valence-corrected chi connectivity index (χ0v) is 12.0. The Morgan fingerprint density at radius 3 is 2.42 bits per heavy atom. The van der Waals surface area contributed by atoms with Crippen LogP contribution in [0.15, 0.2) is 0 Å². The number of nitrogens with zero attached hydrogens (tertiary/aromatic N) is 1. The number of amides is 2. The normalized spacial score (nSPS) is 11.8. The van der Waals surface area contributed by atoms with Gasteiger partial charge in [-0.25, -0.2) is 4.79 Å². The van der Waals surface area contributed by atoms with Crippen LogP contribution in [0.25, 0.3) is 0 Å². The minimum atomic E-state index is -0.772. The fraction of sp³-hybridized carbons (Fsp3) is 0.750. The van der Waals surface area contributed by atoms with Gasteiger partial charge in [0, 0.05) is 20.0 Å². The van der Waals surface area contributed by atoms with E-state index in [0.717, 1.165) is 6.42 Å². The third-order valence-corrected chi connectivity index (χ3v) is 2.34. The Morgan fingerprint density at radius 1 is 1.32 bits per heavy atom. The first-order valence-electron chi connectivity index (χ1n) is 6.20. The first-order chi connectivity index (χ1) is 8.90. The molecule has 0 aromatic carbocycles. The number of rotatable bonds is 8. The van der Waals surface area contributed by atoms with Gasteiger partial charge in [0.15, 0.2) is 0 Å². The molecule has 0 heterocycles. The van der Waals surface area contributed by atoms with Gasteiger partial charge in [-0.3, -0.25) is 14.5 Å². The summed E-state index contributed by atoms with van der Waals surface area (Å²) in [5, 5.41) is 5.23. The average molecular weight is 273 g/mol. The molecule has 0 saturated carbocycles. The van der Waals surface area contributed by atoms with E-state index >= 15 is 0 Å². The predicted octanol–water partition coefficient (Wildman–Crippen LogP) is -0.878. The van der Waals surface area contributed by atoms with E-state index in [2.05, 4.69) is 15.4 Å². The second kappa shape index (κ2) is 9.32. The Morgan fingerprint density at radius 2 is 1.95 bits per heavy atom. The number of ether oxygens (including phenoxy) is 1. The van der Waals surface area contributed by atoms with E-state index in [9.17, 15) is 14.4 Å². The van der Waals surface area contributed by atoms with Crippen LogP contribution in [0.3, 0.4) is 0 Å². The number of hydrogen-bond acceptors (Lipinski definition) is 5. The van der Waals surface area contributed by atoms with Crippen molar-refractivity contribution in [2.45, 2.75) is 26.3 Å². The Balaban J connectivity index is 4.29. The molecule has 0 spiro atoms. The summed E-state index contributed by atoms with van der Waals surface area (Å²) >= 11 is 0. The van der Waals surface area contributed by atoms with Crippen molar-refractivity contribution in [2.75, 3.05) is 33.8 Å². The summed E-state index contributed by atoms with van der Waals surface area (Å²) in [5.41, 5.74) is 0. The number of likely N-dealkylation sites (N-methyl/N-ethyl adjacent to an activating group) is 1. The van der Waals surface area contributed by atoms with Crippen LogP contribution in [0.4, 0.5) is 0 Å². The van der Waals surface area contributed by atoms with Crippen molar-refractivity contribution in [2.24, 2.45) is 0 Å². The van der Waals surface area contributed by atoms with Gasteiger partial charge in [0.2, 0.25) is 11.8 Å². The van der Waals surface area contributed by atoms with E-state index in [4.69, 9.17) is 0 Å². The summed E-state index contributed by atoms with van der Waals surface area (Å²) < 4.78 is 4.60. The predicted molar refractivity (Wildman–Crippen MR) is 70.4 cm³/mol. The van der Waals surface area contributed by atoms with Crippen molar-refractivity contribution in [3.05, 3.63) is 0 Å². The lowest BCUT2D eigenvalue weighted by Crippen LogP contribution is -2.49. The molecule has 0 aliphatic carbocycles. The monoisotopic (exact) mass is 273 g/mol. The molecule has 2 amide bonds. The fourth-order valence-electron chi connectivity index (χ4n) is 1.51. The number of carbonyl (C=O) groups is 3. The van der Waals surface area contributed by atoms with Gasteiger partial charge >= 0.3 is 5.97 Å². The lowest BCUT2D eigenvalue weighted by Gasteiger charge is -2.22. The molecule has 0 bridgehead atoms. The summed E-state index contributed by atoms with van der Waals surface area (Å²) in [4.78, 5) is 35.6. The molecule has 2 N–H and O–H groups in total. The van der Waals surface area contributed by atoms with Gasteiger partial charge in [-0.2, -0.15) is 0 Å². The third-order valence-electron chi connectivity index (χ3n) is 2.34. The van der Waals surface area contributed by atoms with E-state index in [1.807, 2.05) is 6.92 Å². The second-order valence-corrected chi connectivity index (χ2v) is 4.32. The first kappa shape index (κ1) is 17.4. The molecular formula is C12H23N3O4. The van der Waals surface area contributed by atoms with Crippen molar-refractivity contribution in [3.63, 3.8) is 0 Å². The van der Waals surface area contributed by atoms with Crippen molar-refractivity contribution >= 4 is 17.8 Å². The van der Waals surface area contributed by atoms with Gasteiger partial charge in [0.1, 0.15) is 6.04 Å². The van der Waals surface area contributed by atoms with Gasteiger partial charge in [0.05, 0.1) is 13.7 Å². The second-order valence-electron chi connectivity index (χ2n) is 4.32. The lowest BCUT2D eigenvalue weighted by atomic mass is 10.2. The van der Waals surface area contributed by atoms with E-state index in [1.54, 1.807) is 11.9 Å². The van der Waals surface area contributed by atoms with Gasteiger partial charge in [-0.15, -0.1) is 0 Å². The standard InChI is InChI=1S/C12H23N3O4/c1-5-6-13-11(17)8-15(3)7-10(12(18)19-4)14-9(2)16/h10H,5-8H2,1-4H3,(H,13,17)(H,14,16). The minimum absolute atomic E-state index is 0.115. The zero-order chi connectivity index (χ0) is 14.8. The first-order valence-corrected chi connectivity index (χ1v) is 6.20. The quantitative estimate of drug-likeness (QED) is 0.561. The molecule has 0 saturated heterocycles. The van der Waals surface area contributed by atoms with Crippen LogP contribution in [0.2, 0.25) is 0 Å². The zero-order valence-electron chi connectivity index (χ0n) is 12.0. The minimum Gasteiger partial charge on any atom is -0.467 e. The highest BCUT2D eigenvalue weighted by atomic mass is 16.5. The smallest absolute Gasteiger partial charge is 0.329 e. The van der Waals surface area contributed by atoms with E-state index in [0.29, 0.717) is 6.54 Å². The van der Waals surface area contributed by atoms with Crippen molar-refractivity contribution in [1.29, 1.82) is 0 Å². The van der Waals surface area contributed by atoms with Gasteiger partial charge in [-0.05, 0) is 13.5 Å². The molecule has 0 fully saturated rings. The van der Waals surface area contributed by atoms with E-state index in [1.165, 1.54) is 14.0 Å². The summed E-state index contributed by atoms with van der Waals surface area (Å²) in [6.07, 6.45) is 0.867. The Hall–Kier alpha value is -1.63. The highest BCUT2D eigenvalue weighted by molar-refractivity contribution is 5.83. The maximum Gasteiger partial charge on any atom is 0.329 e. The largest absolute Gasteiger partial charge is 0.467 e. The Labute approximate surface area is 113 Å². The topological polar surface area (TPSA) is 87.7 Å². The SMILES string of the molecule is CCCNC(=O)CN(C)CC(NC(C)=O)C(=O)OC. The molecule has 0 rings (SSSR count). The highest BCUT2D eigenvalue weighted by Crippen LogP contribution is 1.93. The molecule has 1 unspecified atom stereocenters. The maximum absolute atomic E-state index is 11.5. The summed E-state index contributed by atoms with van der Waals surface area (Å²) in [6, 6.07) is -0.772. The van der Waals surface area contributed by atoms with Crippen LogP contribution >= 0.6 is 0 Å². The highest BCUT2D eigenvalue weighted by Gasteiger charge is 2.22. The van der Waals surface area contributed by atoms with Crippen LogP contribution in [0.1, 0.15) is 20.3 Å². The number of nitrogens with one attached hydrogen (secondary N) is 2. The molecule has 0 aliphatic heterocycles. The van der Waals surface area contributed by atoms with Crippen molar-refractivity contribution in [3.8, 4) is 0 Å². The molecule has 0 radical (unpaired) electrons. The third kappa shape index (κ3) is 8.15. The summed E-state index contributed by atoms with van der Waals surface area (Å²) in [7, 11) is 2.95. The van der Waals surface area contributed by atoms with Gasteiger partial charge < -0.3 is 15.4 Å². The molecule has 1 atom stereocenters. The fourth-order valence-corrected chi connectivity index (χ4v) is 1.51. The number of hydrogen-bond donors (Lipinski definition) is 2. The maximum atomic E-state index is 11.5. The van der Waals surface area contributed by atoms with Crippen molar-refractivity contribution < 1.29 is 19.1 Å². The molecule has 19 heavy (non-hydrogen) atoms. The van der Waals surface area contributed by atoms with Crippen LogP contribution in [-0.4, -0.2) is 62.5 Å². The number of esters is 1. The van der Waals surface area contributed by atoms with Crippen LogP contribution in [0.5, 0.6) is 0 Å². The van der Waals surface area contributed by atoms with Crippen LogP contribution in [-0.2, 0) is 19.1 Å². The number of carbonyl (C=O) groups excluding carboxylic acids is 3. The molecule has 7 heteroatoms. The van der Waals surface area contributed by atoms with E-state index in [-0.39, 0.29) is 24.9 Å². The molecule has 0 aliphatic rings. The lowest BCUT2D eigenvalue weighted by molar-refractivity contribution is -0.145. The average Bonchev–Trinajstić information content (AvgIpc) is 2.33. The molecule has 110 valence electrons. The molecular weight excluding hydrogens is 250 g/mol. The summed E-state index contributed by atoms with van der Waals surface area (Å²) in [5.74, 6) is -0.967. The van der Waals surface area contributed by atoms with Gasteiger partial charge in [0.25, 0.3) is 0 Å². The van der Waals surface area contributed by atoms with Crippen molar-refractivity contribution in [1.82, 2.24) is 15.5 Å². The molecule has 0 aromatic heterocycles. The molecule has 0 aromatic rings. The van der Waals surface area contributed by atoms with Crippen LogP contribution < -0.4 is 10.6 Å². The van der Waals surface area contributed by atoms with E-state index < -0.39 is 12.0 Å². The summed E-state index contributed by atoms with van der Waals surface area (Å²) in [6.45, 7) is 4.29. The van der Waals surface area contributed by atoms with Gasteiger partial charge in [-0.1, -0.05) is 6.92 Å². The van der Waals surface area contributed by atoms with Crippen LogP contribution in [0, 0.1) is 0 Å².